The predicted molar refractivity (Wildman–Crippen MR) is 190 cm³/mol. The molecular formula is C35H45N7O5S. The van der Waals surface area contributed by atoms with E-state index in [9.17, 15) is 18.3 Å². The lowest BCUT2D eigenvalue weighted by Crippen LogP contribution is -2.36. The second kappa shape index (κ2) is 14.4. The number of pyridine rings is 1. The molecule has 4 aromatic rings. The predicted octanol–water partition coefficient (Wildman–Crippen LogP) is 5.25. The van der Waals surface area contributed by atoms with Gasteiger partial charge in [-0.3, -0.25) is 9.52 Å². The van der Waals surface area contributed by atoms with Gasteiger partial charge in [-0.1, -0.05) is 26.8 Å². The molecule has 12 nitrogen and oxygen atoms in total. The fourth-order valence-electron chi connectivity index (χ4n) is 5.91. The third kappa shape index (κ3) is 8.57. The van der Waals surface area contributed by atoms with Gasteiger partial charge in [0.05, 0.1) is 36.9 Å². The van der Waals surface area contributed by atoms with E-state index >= 15 is 0 Å². The van der Waals surface area contributed by atoms with E-state index in [1.165, 1.54) is 13.4 Å². The Morgan fingerprint density at radius 2 is 1.77 bits per heavy atom. The van der Waals surface area contributed by atoms with E-state index in [1.807, 2.05) is 45.9 Å². The molecule has 0 saturated carbocycles. The van der Waals surface area contributed by atoms with Gasteiger partial charge in [0.25, 0.3) is 5.91 Å². The van der Waals surface area contributed by atoms with Gasteiger partial charge in [-0.25, -0.2) is 23.4 Å². The average Bonchev–Trinajstić information content (AvgIpc) is 3.02. The second-order valence-corrected chi connectivity index (χ2v) is 15.2. The molecule has 0 bridgehead atoms. The van der Waals surface area contributed by atoms with Crippen molar-refractivity contribution in [3.63, 3.8) is 0 Å². The Kier molecular flexibility index (Phi) is 10.5. The molecule has 5 rings (SSSR count). The van der Waals surface area contributed by atoms with E-state index in [-0.39, 0.29) is 23.5 Å². The molecule has 13 heteroatoms. The number of hydrogen-bond acceptors (Lipinski definition) is 10. The molecule has 0 atom stereocenters. The smallest absolute Gasteiger partial charge is 0.255 e. The zero-order valence-corrected chi connectivity index (χ0v) is 29.2. The molecule has 3 heterocycles. The van der Waals surface area contributed by atoms with Crippen molar-refractivity contribution in [1.82, 2.24) is 19.9 Å². The number of β-amino-alcohol motifs (C(OH)–C–C–N with tert-alkyl or cyclic N) is 1. The Morgan fingerprint density at radius 1 is 1.04 bits per heavy atom. The van der Waals surface area contributed by atoms with E-state index in [0.717, 1.165) is 62.0 Å². The van der Waals surface area contributed by atoms with Crippen molar-refractivity contribution in [2.45, 2.75) is 52.4 Å². The zero-order valence-electron chi connectivity index (χ0n) is 28.4. The van der Waals surface area contributed by atoms with Gasteiger partial charge in [0.1, 0.15) is 11.8 Å². The van der Waals surface area contributed by atoms with E-state index in [4.69, 9.17) is 9.72 Å². The van der Waals surface area contributed by atoms with Crippen LogP contribution in [0.15, 0.2) is 48.8 Å². The number of hydrogen-bond donors (Lipinski definition) is 4. The number of nitrogens with zero attached hydrogens (tertiary/aromatic N) is 4. The van der Waals surface area contributed by atoms with Gasteiger partial charge in [0.2, 0.25) is 10.0 Å². The van der Waals surface area contributed by atoms with Crippen LogP contribution < -0.4 is 20.1 Å². The van der Waals surface area contributed by atoms with Crippen LogP contribution in [0.25, 0.3) is 11.0 Å². The minimum atomic E-state index is -3.62. The van der Waals surface area contributed by atoms with Crippen molar-refractivity contribution in [1.29, 1.82) is 0 Å². The second-order valence-electron chi connectivity index (χ2n) is 13.4. The molecule has 1 saturated heterocycles. The highest BCUT2D eigenvalue weighted by atomic mass is 32.2. The van der Waals surface area contributed by atoms with Crippen LogP contribution in [0.5, 0.6) is 5.75 Å². The number of anilines is 4. The number of aliphatic hydroxyl groups excluding tert-OH is 1. The molecule has 1 aliphatic heterocycles. The van der Waals surface area contributed by atoms with Crippen LogP contribution in [0, 0.1) is 12.8 Å². The van der Waals surface area contributed by atoms with Crippen LogP contribution in [0.4, 0.5) is 22.9 Å². The summed E-state index contributed by atoms with van der Waals surface area (Å²) in [4.78, 5) is 29.9. The number of benzene rings is 2. The van der Waals surface area contributed by atoms with Crippen LogP contribution in [-0.2, 0) is 21.9 Å². The maximum Gasteiger partial charge on any atom is 0.255 e. The number of rotatable bonds is 11. The van der Waals surface area contributed by atoms with Crippen LogP contribution in [0.1, 0.15) is 60.8 Å². The number of carbonyl (C=O) groups excluding carboxylic acids is 1. The zero-order chi connectivity index (χ0) is 34.6. The monoisotopic (exact) mass is 675 g/mol. The highest BCUT2D eigenvalue weighted by Gasteiger charge is 2.23. The van der Waals surface area contributed by atoms with Gasteiger partial charge in [-0.05, 0) is 98.1 Å². The number of sulfonamides is 1. The highest BCUT2D eigenvalue weighted by molar-refractivity contribution is 7.92. The van der Waals surface area contributed by atoms with Crippen molar-refractivity contribution in [3.8, 4) is 5.75 Å². The van der Waals surface area contributed by atoms with Gasteiger partial charge >= 0.3 is 0 Å². The number of likely N-dealkylation sites (tertiary alicyclic amines) is 1. The number of aliphatic hydroxyl groups is 1. The van der Waals surface area contributed by atoms with Crippen molar-refractivity contribution < 1.29 is 23.1 Å². The summed E-state index contributed by atoms with van der Waals surface area (Å²) in [5.41, 5.74) is 5.35. The third-order valence-corrected chi connectivity index (χ3v) is 9.21. The molecule has 0 spiro atoms. The standard InChI is InChI=1S/C35H45N7O5S/c1-22-7-8-24(34(44)40-29-19-25(35(2,3)4)20-30(32(29)47-5)41-48(6,45)46)18-28(22)39-33-31-27(36-21-37-33)10-9-26(38-31)17-23-11-13-42(14-12-23)15-16-43/h7-10,18-21,23,41,43H,11-17H2,1-6H3,(H,40,44)(H,36,37,39). The third-order valence-electron chi connectivity index (χ3n) is 8.62. The van der Waals surface area contributed by atoms with E-state index in [0.29, 0.717) is 39.7 Å². The summed E-state index contributed by atoms with van der Waals surface area (Å²) < 4.78 is 32.4. The number of ether oxygens (including phenoxy) is 1. The minimum Gasteiger partial charge on any atom is -0.492 e. The van der Waals surface area contributed by atoms with Gasteiger partial charge in [-0.2, -0.15) is 0 Å². The van der Waals surface area contributed by atoms with Crippen LogP contribution in [-0.4, -0.2) is 78.9 Å². The Labute approximate surface area is 282 Å². The topological polar surface area (TPSA) is 159 Å². The summed E-state index contributed by atoms with van der Waals surface area (Å²) >= 11 is 0. The maximum atomic E-state index is 13.7. The minimum absolute atomic E-state index is 0.186. The molecule has 0 radical (unpaired) electrons. The first kappa shape index (κ1) is 35.0. The quantitative estimate of drug-likeness (QED) is 0.165. The fraction of sp³-hybridized carbons (Fsp3) is 0.429. The highest BCUT2D eigenvalue weighted by Crippen LogP contribution is 2.39. The lowest BCUT2D eigenvalue weighted by Gasteiger charge is -2.31. The van der Waals surface area contributed by atoms with Gasteiger partial charge in [-0.15, -0.1) is 0 Å². The van der Waals surface area contributed by atoms with Gasteiger partial charge < -0.3 is 25.4 Å². The van der Waals surface area contributed by atoms with Crippen molar-refractivity contribution in [3.05, 3.63) is 71.2 Å². The molecule has 0 unspecified atom stereocenters. The number of piperidine rings is 1. The molecular weight excluding hydrogens is 630 g/mol. The van der Waals surface area contributed by atoms with Crippen molar-refractivity contribution in [2.24, 2.45) is 5.92 Å². The van der Waals surface area contributed by atoms with Crippen molar-refractivity contribution >= 4 is 49.8 Å². The lowest BCUT2D eigenvalue weighted by molar-refractivity contribution is 0.102. The first-order valence-corrected chi connectivity index (χ1v) is 18.0. The van der Waals surface area contributed by atoms with Gasteiger partial charge in [0.15, 0.2) is 11.6 Å². The Hall–Kier alpha value is -4.33. The number of fused-ring (bicyclic) bond motifs is 1. The van der Waals surface area contributed by atoms with Crippen molar-refractivity contribution in [2.75, 3.05) is 55.0 Å². The molecule has 256 valence electrons. The summed E-state index contributed by atoms with van der Waals surface area (Å²) in [5, 5.41) is 15.6. The number of aromatic nitrogens is 3. The summed E-state index contributed by atoms with van der Waals surface area (Å²) in [5.74, 6) is 0.864. The Balaban J connectivity index is 1.40. The summed E-state index contributed by atoms with van der Waals surface area (Å²) in [6.45, 7) is 10.8. The van der Waals surface area contributed by atoms with Crippen LogP contribution in [0.2, 0.25) is 0 Å². The molecule has 2 aromatic carbocycles. The number of methoxy groups -OCH3 is 1. The van der Waals surface area contributed by atoms with E-state index < -0.39 is 15.9 Å². The molecule has 1 aliphatic rings. The van der Waals surface area contributed by atoms with Gasteiger partial charge in [0, 0.05) is 23.5 Å². The normalized spacial score (nSPS) is 14.6. The van der Waals surface area contributed by atoms with E-state index in [1.54, 1.807) is 24.3 Å². The number of aryl methyl sites for hydroxylation is 1. The summed E-state index contributed by atoms with van der Waals surface area (Å²) in [7, 11) is -2.19. The molecule has 1 fully saturated rings. The molecule has 48 heavy (non-hydrogen) atoms. The van der Waals surface area contributed by atoms with Crippen LogP contribution in [0.3, 0.4) is 0 Å². The first-order valence-electron chi connectivity index (χ1n) is 16.1. The number of carbonyl (C=O) groups is 1. The summed E-state index contributed by atoms with van der Waals surface area (Å²) in [6, 6.07) is 12.8. The molecule has 2 aromatic heterocycles. The maximum absolute atomic E-state index is 13.7. The SMILES string of the molecule is COc1c(NC(=O)c2ccc(C)c(Nc3ncnc4ccc(CC5CCN(CCO)CC5)nc34)c2)cc(C(C)(C)C)cc1NS(C)(=O)=O. The Morgan fingerprint density at radius 3 is 2.44 bits per heavy atom. The van der Waals surface area contributed by atoms with E-state index in [2.05, 4.69) is 30.2 Å². The van der Waals surface area contributed by atoms with Crippen LogP contribution >= 0.6 is 0 Å². The average molecular weight is 676 g/mol. The summed E-state index contributed by atoms with van der Waals surface area (Å²) in [6.07, 6.45) is 5.54. The molecule has 4 N–H and O–H groups in total. The molecule has 1 amide bonds. The number of amides is 1. The number of nitrogens with one attached hydrogen (secondary N) is 3. The fourth-order valence-corrected chi connectivity index (χ4v) is 6.46. The largest absolute Gasteiger partial charge is 0.492 e. The lowest BCUT2D eigenvalue weighted by atomic mass is 9.86. The Bertz CT molecular complexity index is 1900. The first-order chi connectivity index (χ1) is 22.7. The molecule has 0 aliphatic carbocycles.